The van der Waals surface area contributed by atoms with Gasteiger partial charge in [-0.2, -0.15) is 0 Å². The van der Waals surface area contributed by atoms with E-state index in [4.69, 9.17) is 0 Å². The normalized spacial score (nSPS) is 14.4. The molecule has 53 heavy (non-hydrogen) atoms. The van der Waals surface area contributed by atoms with Gasteiger partial charge < -0.3 is 9.80 Å². The molecule has 0 fully saturated rings. The third kappa shape index (κ3) is 4.26. The fraction of sp³-hybridized carbons (Fsp3) is 0.0833. The molecular formula is C48H33BN2S2. The number of aryl methyl sites for hydroxylation is 1. The fourth-order valence-electron chi connectivity index (χ4n) is 9.60. The minimum absolute atomic E-state index is 0.111. The molecule has 2 nitrogen and oxygen atoms in total. The highest BCUT2D eigenvalue weighted by Gasteiger charge is 2.45. The molecule has 2 aromatic heterocycles. The lowest BCUT2D eigenvalue weighted by Gasteiger charge is -2.43. The van der Waals surface area contributed by atoms with Crippen molar-refractivity contribution < 1.29 is 0 Å². The lowest BCUT2D eigenvalue weighted by molar-refractivity contribution is 0.687. The van der Waals surface area contributed by atoms with Crippen molar-refractivity contribution in [3.8, 4) is 11.1 Å². The summed E-state index contributed by atoms with van der Waals surface area (Å²) in [4.78, 5) is 5.21. The Morgan fingerprint density at radius 1 is 0.509 bits per heavy atom. The summed E-state index contributed by atoms with van der Waals surface area (Å²) in [6.45, 7) is 0.111. The van der Waals surface area contributed by atoms with Gasteiger partial charge in [0, 0.05) is 53.1 Å². The first kappa shape index (κ1) is 29.9. The van der Waals surface area contributed by atoms with Crippen molar-refractivity contribution in [2.45, 2.75) is 25.7 Å². The average molecular weight is 713 g/mol. The molecular weight excluding hydrogens is 679 g/mol. The van der Waals surface area contributed by atoms with E-state index in [2.05, 4.69) is 161 Å². The van der Waals surface area contributed by atoms with Crippen LogP contribution in [0.2, 0.25) is 0 Å². The van der Waals surface area contributed by atoms with Crippen LogP contribution in [0.3, 0.4) is 0 Å². The smallest absolute Gasteiger partial charge is 0.264 e. The number of hydrogen-bond acceptors (Lipinski definition) is 4. The summed E-state index contributed by atoms with van der Waals surface area (Å²) < 4.78 is 5.41. The molecule has 0 atom stereocenters. The molecule has 1 aliphatic carbocycles. The summed E-state index contributed by atoms with van der Waals surface area (Å²) in [6.07, 6.45) is 4.82. The summed E-state index contributed by atoms with van der Waals surface area (Å²) in [5.74, 6) is 0. The highest BCUT2D eigenvalue weighted by atomic mass is 32.1. The molecule has 0 bridgehead atoms. The number of rotatable bonds is 3. The van der Waals surface area contributed by atoms with Crippen LogP contribution in [0.15, 0.2) is 152 Å². The van der Waals surface area contributed by atoms with E-state index in [1.54, 1.807) is 0 Å². The molecule has 0 unspecified atom stereocenters. The van der Waals surface area contributed by atoms with E-state index in [1.165, 1.54) is 115 Å². The van der Waals surface area contributed by atoms with Crippen molar-refractivity contribution in [2.75, 3.05) is 9.80 Å². The molecule has 250 valence electrons. The van der Waals surface area contributed by atoms with Gasteiger partial charge in [-0.25, -0.2) is 0 Å². The van der Waals surface area contributed by atoms with Crippen molar-refractivity contribution in [3.05, 3.63) is 163 Å². The molecule has 0 radical (unpaired) electrons. The zero-order chi connectivity index (χ0) is 34.6. The van der Waals surface area contributed by atoms with Crippen LogP contribution < -0.4 is 25.5 Å². The largest absolute Gasteiger partial charge is 0.310 e. The Morgan fingerprint density at radius 2 is 1.19 bits per heavy atom. The van der Waals surface area contributed by atoms with Crippen LogP contribution in [-0.2, 0) is 12.8 Å². The molecule has 0 amide bonds. The van der Waals surface area contributed by atoms with E-state index in [-0.39, 0.29) is 6.71 Å². The number of benzene rings is 7. The number of thiophene rings is 2. The molecule has 3 aliphatic rings. The van der Waals surface area contributed by atoms with Crippen molar-refractivity contribution in [1.82, 2.24) is 0 Å². The van der Waals surface area contributed by atoms with Crippen molar-refractivity contribution >= 4 is 109 Å². The predicted molar refractivity (Wildman–Crippen MR) is 231 cm³/mol. The monoisotopic (exact) mass is 712 g/mol. The lowest BCUT2D eigenvalue weighted by atomic mass is 9.36. The van der Waals surface area contributed by atoms with Gasteiger partial charge in [0.1, 0.15) is 0 Å². The van der Waals surface area contributed by atoms with Gasteiger partial charge in [0.05, 0.1) is 16.1 Å². The molecule has 0 saturated heterocycles. The van der Waals surface area contributed by atoms with Gasteiger partial charge >= 0.3 is 0 Å². The third-order valence-electron chi connectivity index (χ3n) is 11.8. The quantitative estimate of drug-likeness (QED) is 0.168. The molecule has 7 aromatic carbocycles. The van der Waals surface area contributed by atoms with Gasteiger partial charge in [0.2, 0.25) is 0 Å². The Labute approximate surface area is 317 Å². The van der Waals surface area contributed by atoms with Crippen molar-refractivity contribution in [2.24, 2.45) is 0 Å². The number of para-hydroxylation sites is 2. The van der Waals surface area contributed by atoms with Gasteiger partial charge in [0.25, 0.3) is 6.71 Å². The second-order valence-corrected chi connectivity index (χ2v) is 16.8. The maximum Gasteiger partial charge on any atom is 0.264 e. The summed E-state index contributed by atoms with van der Waals surface area (Å²) in [5.41, 5.74) is 16.1. The molecule has 5 heteroatoms. The minimum Gasteiger partial charge on any atom is -0.310 e. The van der Waals surface area contributed by atoms with E-state index in [1.807, 2.05) is 22.7 Å². The van der Waals surface area contributed by atoms with Crippen LogP contribution in [0, 0.1) is 0 Å². The van der Waals surface area contributed by atoms with Crippen LogP contribution in [0.4, 0.5) is 34.1 Å². The van der Waals surface area contributed by atoms with Gasteiger partial charge in [-0.3, -0.25) is 0 Å². The van der Waals surface area contributed by atoms with E-state index >= 15 is 0 Å². The summed E-state index contributed by atoms with van der Waals surface area (Å²) in [6, 6.07) is 57.2. The topological polar surface area (TPSA) is 6.48 Å². The molecule has 12 rings (SSSR count). The SMILES string of the molecule is c1ccc(N2c3cc(-c4cccc5c4CCCC5)cc4c3B(c3ccccc3N4c3cccc4c3sc3ccccc34)c3sc4ccccc4c32)cc1. The zero-order valence-corrected chi connectivity index (χ0v) is 30.7. The summed E-state index contributed by atoms with van der Waals surface area (Å²) >= 11 is 3.88. The lowest BCUT2D eigenvalue weighted by Crippen LogP contribution is -2.60. The molecule has 0 N–H and O–H groups in total. The van der Waals surface area contributed by atoms with E-state index in [0.29, 0.717) is 0 Å². The molecule has 2 aliphatic heterocycles. The molecule has 0 saturated carbocycles. The van der Waals surface area contributed by atoms with Crippen LogP contribution >= 0.6 is 22.7 Å². The Balaban J connectivity index is 1.24. The maximum atomic E-state index is 2.61. The maximum absolute atomic E-state index is 2.61. The molecule has 9 aromatic rings. The Bertz CT molecular complexity index is 2940. The first-order valence-corrected chi connectivity index (χ1v) is 20.4. The van der Waals surface area contributed by atoms with Crippen molar-refractivity contribution in [3.63, 3.8) is 0 Å². The number of hydrogen-bond donors (Lipinski definition) is 0. The second kappa shape index (κ2) is 11.4. The minimum atomic E-state index is 0.111. The van der Waals surface area contributed by atoms with Gasteiger partial charge in [-0.05, 0) is 107 Å². The standard InChI is InChI=1S/C48H33BN2S2/c1-2-16-32(17-3-1)50-41-28-31(34-21-12-15-30-14-4-5-18-33(30)34)29-42-45(41)49(48-46(50)37-20-7-11-27-44(37)53-48)38-23-8-9-24-39(38)51(42)40-25-13-22-36-35-19-6-10-26-43(35)52-47(36)40/h1-3,6-13,15-17,19-29H,4-5,14,18H2. The summed E-state index contributed by atoms with van der Waals surface area (Å²) in [5, 5.41) is 3.97. The van der Waals surface area contributed by atoms with Crippen LogP contribution in [-0.4, -0.2) is 6.71 Å². The van der Waals surface area contributed by atoms with Gasteiger partial charge in [-0.1, -0.05) is 103 Å². The third-order valence-corrected chi connectivity index (χ3v) is 14.3. The Morgan fingerprint density at radius 3 is 2.08 bits per heavy atom. The second-order valence-electron chi connectivity index (χ2n) is 14.6. The zero-order valence-electron chi connectivity index (χ0n) is 29.1. The van der Waals surface area contributed by atoms with E-state index < -0.39 is 0 Å². The first-order valence-electron chi connectivity index (χ1n) is 18.8. The van der Waals surface area contributed by atoms with Gasteiger partial charge in [-0.15, -0.1) is 22.7 Å². The van der Waals surface area contributed by atoms with Crippen LogP contribution in [0.5, 0.6) is 0 Å². The number of anilines is 6. The van der Waals surface area contributed by atoms with Crippen molar-refractivity contribution in [1.29, 1.82) is 0 Å². The first-order chi connectivity index (χ1) is 26.3. The number of fused-ring (bicyclic) bond motifs is 10. The Kier molecular flexibility index (Phi) is 6.46. The highest BCUT2D eigenvalue weighted by molar-refractivity contribution is 7.33. The summed E-state index contributed by atoms with van der Waals surface area (Å²) in [7, 11) is 0. The Hall–Kier alpha value is -5.62. The van der Waals surface area contributed by atoms with Crippen LogP contribution in [0.25, 0.3) is 41.4 Å². The van der Waals surface area contributed by atoms with E-state index in [0.717, 1.165) is 12.8 Å². The van der Waals surface area contributed by atoms with Gasteiger partial charge in [0.15, 0.2) is 0 Å². The highest BCUT2D eigenvalue weighted by Crippen LogP contribution is 2.51. The molecule has 0 spiro atoms. The van der Waals surface area contributed by atoms with E-state index in [9.17, 15) is 0 Å². The molecule has 4 heterocycles. The number of nitrogens with zero attached hydrogens (tertiary/aromatic N) is 2. The fourth-order valence-corrected chi connectivity index (χ4v) is 12.1. The van der Waals surface area contributed by atoms with Crippen LogP contribution in [0.1, 0.15) is 24.0 Å². The average Bonchev–Trinajstić information content (AvgIpc) is 3.80. The predicted octanol–water partition coefficient (Wildman–Crippen LogP) is 11.9.